The van der Waals surface area contributed by atoms with Crippen LogP contribution in [0.4, 0.5) is 0 Å². The second-order valence-corrected chi connectivity index (χ2v) is 7.30. The highest BCUT2D eigenvalue weighted by Crippen LogP contribution is 2.28. The van der Waals surface area contributed by atoms with E-state index in [4.69, 9.17) is 14.2 Å². The standard InChI is InChI=1S/C25H21BrO4/c1-28-23-15-11-20(12-16-23)24(19-9-13-22(26)14-10-19)30-17-3-4-18-5-7-21(8-6-18)25(27)29-2/h5-16,24H,17H2,1-2H3. The van der Waals surface area contributed by atoms with Gasteiger partial charge in [-0.3, -0.25) is 0 Å². The van der Waals surface area contributed by atoms with Gasteiger partial charge < -0.3 is 14.2 Å². The predicted molar refractivity (Wildman–Crippen MR) is 120 cm³/mol. The number of esters is 1. The van der Waals surface area contributed by atoms with Gasteiger partial charge >= 0.3 is 5.97 Å². The summed E-state index contributed by atoms with van der Waals surface area (Å²) in [6.45, 7) is 0.255. The van der Waals surface area contributed by atoms with Crippen molar-refractivity contribution < 1.29 is 19.0 Å². The SMILES string of the molecule is COC(=O)c1ccc(C#CCOC(c2ccc(Br)cc2)c2ccc(OC)cc2)cc1. The first-order chi connectivity index (χ1) is 14.6. The third-order valence-corrected chi connectivity index (χ3v) is 4.98. The molecule has 0 N–H and O–H groups in total. The molecule has 3 aromatic rings. The molecule has 0 aliphatic heterocycles. The van der Waals surface area contributed by atoms with Crippen molar-refractivity contribution in [3.05, 3.63) is 99.5 Å². The van der Waals surface area contributed by atoms with E-state index in [1.807, 2.05) is 48.5 Å². The molecule has 4 nitrogen and oxygen atoms in total. The Bertz CT molecular complexity index is 1030. The lowest BCUT2D eigenvalue weighted by Gasteiger charge is -2.18. The summed E-state index contributed by atoms with van der Waals surface area (Å²) >= 11 is 3.47. The molecule has 0 heterocycles. The summed E-state index contributed by atoms with van der Waals surface area (Å²) in [4.78, 5) is 11.5. The summed E-state index contributed by atoms with van der Waals surface area (Å²) in [5, 5.41) is 0. The Morgan fingerprint density at radius 1 is 0.900 bits per heavy atom. The van der Waals surface area contributed by atoms with Crippen molar-refractivity contribution in [3.63, 3.8) is 0 Å². The molecule has 0 aromatic heterocycles. The molecule has 0 saturated carbocycles. The summed E-state index contributed by atoms with van der Waals surface area (Å²) in [7, 11) is 3.00. The van der Waals surface area contributed by atoms with Gasteiger partial charge in [-0.15, -0.1) is 0 Å². The first-order valence-corrected chi connectivity index (χ1v) is 10.1. The van der Waals surface area contributed by atoms with Gasteiger partial charge in [-0.1, -0.05) is 52.0 Å². The maximum absolute atomic E-state index is 11.5. The number of hydrogen-bond donors (Lipinski definition) is 0. The van der Waals surface area contributed by atoms with Gasteiger partial charge in [-0.25, -0.2) is 4.79 Å². The Kier molecular flexibility index (Phi) is 7.67. The van der Waals surface area contributed by atoms with Crippen molar-refractivity contribution in [2.24, 2.45) is 0 Å². The molecule has 30 heavy (non-hydrogen) atoms. The van der Waals surface area contributed by atoms with Gasteiger partial charge in [0.15, 0.2) is 0 Å². The Hall–Kier alpha value is -3.07. The van der Waals surface area contributed by atoms with Crippen LogP contribution in [0.2, 0.25) is 0 Å². The largest absolute Gasteiger partial charge is 0.497 e. The van der Waals surface area contributed by atoms with Gasteiger partial charge in [-0.05, 0) is 59.7 Å². The van der Waals surface area contributed by atoms with Crippen LogP contribution >= 0.6 is 15.9 Å². The van der Waals surface area contributed by atoms with Crippen LogP contribution in [0.5, 0.6) is 5.75 Å². The molecule has 0 spiro atoms. The normalized spacial score (nSPS) is 11.2. The Balaban J connectivity index is 1.73. The monoisotopic (exact) mass is 464 g/mol. The number of benzene rings is 3. The number of halogens is 1. The van der Waals surface area contributed by atoms with E-state index in [-0.39, 0.29) is 18.7 Å². The second-order valence-electron chi connectivity index (χ2n) is 6.39. The van der Waals surface area contributed by atoms with Crippen molar-refractivity contribution in [2.75, 3.05) is 20.8 Å². The maximum atomic E-state index is 11.5. The van der Waals surface area contributed by atoms with E-state index in [9.17, 15) is 4.79 Å². The summed E-state index contributed by atoms with van der Waals surface area (Å²) in [6, 6.07) is 22.8. The van der Waals surface area contributed by atoms with Crippen molar-refractivity contribution >= 4 is 21.9 Å². The zero-order valence-corrected chi connectivity index (χ0v) is 18.3. The highest BCUT2D eigenvalue weighted by Gasteiger charge is 2.14. The zero-order chi connectivity index (χ0) is 21.3. The Morgan fingerprint density at radius 2 is 1.50 bits per heavy atom. The van der Waals surface area contributed by atoms with Crippen molar-refractivity contribution in [1.82, 2.24) is 0 Å². The molecule has 3 aromatic carbocycles. The molecule has 0 fully saturated rings. The maximum Gasteiger partial charge on any atom is 0.337 e. The first kappa shape index (κ1) is 21.6. The second kappa shape index (κ2) is 10.6. The summed E-state index contributed by atoms with van der Waals surface area (Å²) < 4.78 is 17.1. The van der Waals surface area contributed by atoms with E-state index in [1.54, 1.807) is 31.4 Å². The van der Waals surface area contributed by atoms with Gasteiger partial charge in [0.05, 0.1) is 19.8 Å². The molecule has 1 unspecified atom stereocenters. The van der Waals surface area contributed by atoms with Crippen molar-refractivity contribution in [1.29, 1.82) is 0 Å². The summed E-state index contributed by atoms with van der Waals surface area (Å²) in [5.41, 5.74) is 3.35. The highest BCUT2D eigenvalue weighted by atomic mass is 79.9. The molecule has 3 rings (SSSR count). The minimum absolute atomic E-state index is 0.250. The smallest absolute Gasteiger partial charge is 0.337 e. The predicted octanol–water partition coefficient (Wildman–Crippen LogP) is 5.40. The molecule has 0 saturated heterocycles. The number of methoxy groups -OCH3 is 2. The molecule has 1 atom stereocenters. The van der Waals surface area contributed by atoms with Crippen LogP contribution in [0.3, 0.4) is 0 Å². The van der Waals surface area contributed by atoms with Crippen LogP contribution in [-0.4, -0.2) is 26.8 Å². The fourth-order valence-corrected chi connectivity index (χ4v) is 3.14. The number of carbonyl (C=O) groups excluding carboxylic acids is 1. The van der Waals surface area contributed by atoms with E-state index < -0.39 is 0 Å². The fourth-order valence-electron chi connectivity index (χ4n) is 2.87. The molecular weight excluding hydrogens is 444 g/mol. The molecule has 5 heteroatoms. The average Bonchev–Trinajstić information content (AvgIpc) is 2.80. The van der Waals surface area contributed by atoms with Crippen LogP contribution in [-0.2, 0) is 9.47 Å². The molecule has 0 bridgehead atoms. The van der Waals surface area contributed by atoms with Crippen LogP contribution in [0.15, 0.2) is 77.3 Å². The van der Waals surface area contributed by atoms with E-state index >= 15 is 0 Å². The molecule has 0 aliphatic carbocycles. The van der Waals surface area contributed by atoms with Gasteiger partial charge in [0.25, 0.3) is 0 Å². The van der Waals surface area contributed by atoms with Crippen LogP contribution in [0.1, 0.15) is 33.2 Å². The van der Waals surface area contributed by atoms with E-state index in [1.165, 1.54) is 7.11 Å². The zero-order valence-electron chi connectivity index (χ0n) is 16.7. The Labute approximate surface area is 184 Å². The van der Waals surface area contributed by atoms with E-state index in [2.05, 4.69) is 27.8 Å². The lowest BCUT2D eigenvalue weighted by molar-refractivity contribution is 0.0600. The Morgan fingerprint density at radius 3 is 2.07 bits per heavy atom. The number of ether oxygens (including phenoxy) is 3. The summed E-state index contributed by atoms with van der Waals surface area (Å²) in [6.07, 6.45) is -0.250. The van der Waals surface area contributed by atoms with Gasteiger partial charge in [0, 0.05) is 10.0 Å². The van der Waals surface area contributed by atoms with Crippen LogP contribution in [0, 0.1) is 11.8 Å². The first-order valence-electron chi connectivity index (χ1n) is 9.29. The lowest BCUT2D eigenvalue weighted by Crippen LogP contribution is -2.07. The number of rotatable bonds is 6. The molecule has 0 aliphatic rings. The number of hydrogen-bond acceptors (Lipinski definition) is 4. The molecule has 0 radical (unpaired) electrons. The van der Waals surface area contributed by atoms with Crippen LogP contribution in [0.25, 0.3) is 0 Å². The topological polar surface area (TPSA) is 44.8 Å². The number of carbonyl (C=O) groups is 1. The third kappa shape index (κ3) is 5.73. The molecule has 0 amide bonds. The third-order valence-electron chi connectivity index (χ3n) is 4.45. The van der Waals surface area contributed by atoms with E-state index in [0.717, 1.165) is 26.9 Å². The quantitative estimate of drug-likeness (QED) is 0.361. The average molecular weight is 465 g/mol. The van der Waals surface area contributed by atoms with Gasteiger partial charge in [0.2, 0.25) is 0 Å². The van der Waals surface area contributed by atoms with Crippen molar-refractivity contribution in [2.45, 2.75) is 6.10 Å². The minimum Gasteiger partial charge on any atom is -0.497 e. The summed E-state index contributed by atoms with van der Waals surface area (Å²) in [5.74, 6) is 6.53. The van der Waals surface area contributed by atoms with Gasteiger partial charge in [0.1, 0.15) is 18.5 Å². The molecule has 152 valence electrons. The van der Waals surface area contributed by atoms with Gasteiger partial charge in [-0.2, -0.15) is 0 Å². The lowest BCUT2D eigenvalue weighted by atomic mass is 10.0. The minimum atomic E-state index is -0.366. The van der Waals surface area contributed by atoms with Crippen LogP contribution < -0.4 is 4.74 Å². The van der Waals surface area contributed by atoms with Crippen molar-refractivity contribution in [3.8, 4) is 17.6 Å². The highest BCUT2D eigenvalue weighted by molar-refractivity contribution is 9.10. The van der Waals surface area contributed by atoms with E-state index in [0.29, 0.717) is 5.56 Å². The molecular formula is C25H21BrO4. The fraction of sp³-hybridized carbons (Fsp3) is 0.160.